The molecular weight excluding hydrogens is 422 g/mol. The van der Waals surface area contributed by atoms with E-state index in [4.69, 9.17) is 16.6 Å². The van der Waals surface area contributed by atoms with Gasteiger partial charge in [0.05, 0.1) is 11.0 Å². The molecule has 1 aliphatic carbocycles. The van der Waals surface area contributed by atoms with E-state index in [1.807, 2.05) is 25.2 Å². The summed E-state index contributed by atoms with van der Waals surface area (Å²) in [5.74, 6) is 1.56. The molecule has 3 N–H and O–H groups in total. The zero-order valence-corrected chi connectivity index (χ0v) is 19.9. The third kappa shape index (κ3) is 4.66. The fourth-order valence-corrected chi connectivity index (χ4v) is 5.11. The Morgan fingerprint density at radius 2 is 1.94 bits per heavy atom. The molecule has 2 aromatic carbocycles. The second kappa shape index (κ2) is 9.82. The molecule has 4 unspecified atom stereocenters. The molecule has 4 atom stereocenters. The maximum atomic E-state index is 11.4. The Bertz CT molecular complexity index is 1060. The number of fused-ring (bicyclic) bond motifs is 1. The van der Waals surface area contributed by atoms with E-state index in [1.54, 1.807) is 18.2 Å². The minimum atomic E-state index is -0.858. The van der Waals surface area contributed by atoms with E-state index in [2.05, 4.69) is 23.7 Å². The molecule has 1 fully saturated rings. The van der Waals surface area contributed by atoms with Crippen LogP contribution in [0.2, 0.25) is 5.02 Å². The lowest BCUT2D eigenvalue weighted by atomic mass is 9.86. The molecule has 0 bridgehead atoms. The van der Waals surface area contributed by atoms with Crippen LogP contribution in [-0.2, 0) is 6.42 Å². The Kier molecular flexibility index (Phi) is 7.08. The predicted octanol–water partition coefficient (Wildman–Crippen LogP) is 5.77. The van der Waals surface area contributed by atoms with Crippen molar-refractivity contribution in [1.82, 2.24) is 14.9 Å². The number of phenolic OH excluding ortho intramolecular Hbond substituents is 1. The second-order valence-electron chi connectivity index (χ2n) is 9.38. The lowest BCUT2D eigenvalue weighted by Gasteiger charge is -2.30. The SMILES string of the molecule is CNC(C)CCc1c(O)ccc2c1nc(C(O)c1ccc(Cl)cc1)n2C1CCCC(C)C1. The van der Waals surface area contributed by atoms with Gasteiger partial charge in [-0.25, -0.2) is 4.98 Å². The van der Waals surface area contributed by atoms with Crippen molar-refractivity contribution in [2.24, 2.45) is 5.92 Å². The van der Waals surface area contributed by atoms with Crippen LogP contribution in [0, 0.1) is 5.92 Å². The summed E-state index contributed by atoms with van der Waals surface area (Å²) < 4.78 is 2.24. The fraction of sp³-hybridized carbons (Fsp3) is 0.500. The van der Waals surface area contributed by atoms with E-state index in [0.29, 0.717) is 22.8 Å². The van der Waals surface area contributed by atoms with E-state index >= 15 is 0 Å². The molecule has 6 heteroatoms. The first-order valence-corrected chi connectivity index (χ1v) is 12.1. The molecule has 0 amide bonds. The summed E-state index contributed by atoms with van der Waals surface area (Å²) in [4.78, 5) is 4.98. The van der Waals surface area contributed by atoms with Crippen molar-refractivity contribution < 1.29 is 10.2 Å². The highest BCUT2D eigenvalue weighted by Gasteiger charge is 2.29. The number of aliphatic hydroxyl groups is 1. The molecule has 32 heavy (non-hydrogen) atoms. The summed E-state index contributed by atoms with van der Waals surface area (Å²) in [6, 6.07) is 11.7. The normalized spacial score (nSPS) is 21.0. The van der Waals surface area contributed by atoms with Gasteiger partial charge >= 0.3 is 0 Å². The molecule has 5 nitrogen and oxygen atoms in total. The molecule has 1 heterocycles. The van der Waals surface area contributed by atoms with Crippen LogP contribution in [0.15, 0.2) is 36.4 Å². The van der Waals surface area contributed by atoms with Gasteiger partial charge < -0.3 is 20.1 Å². The van der Waals surface area contributed by atoms with Crippen LogP contribution in [0.1, 0.15) is 75.0 Å². The molecule has 4 rings (SSSR count). The molecule has 172 valence electrons. The monoisotopic (exact) mass is 455 g/mol. The molecule has 0 radical (unpaired) electrons. The smallest absolute Gasteiger partial charge is 0.143 e. The fourth-order valence-electron chi connectivity index (χ4n) is 4.98. The lowest BCUT2D eigenvalue weighted by molar-refractivity contribution is 0.193. The molecule has 1 saturated carbocycles. The minimum Gasteiger partial charge on any atom is -0.508 e. The molecule has 1 aromatic heterocycles. The van der Waals surface area contributed by atoms with Crippen LogP contribution < -0.4 is 5.32 Å². The van der Waals surface area contributed by atoms with Crippen molar-refractivity contribution in [3.63, 3.8) is 0 Å². The summed E-state index contributed by atoms with van der Waals surface area (Å²) in [5, 5.41) is 26.0. The minimum absolute atomic E-state index is 0.273. The Hall–Kier alpha value is -2.08. The predicted molar refractivity (Wildman–Crippen MR) is 130 cm³/mol. The average molecular weight is 456 g/mol. The van der Waals surface area contributed by atoms with Crippen molar-refractivity contribution in [3.8, 4) is 5.75 Å². The van der Waals surface area contributed by atoms with Gasteiger partial charge in [0.25, 0.3) is 0 Å². The number of aromatic hydroxyl groups is 1. The molecular formula is C26H34ClN3O2. The topological polar surface area (TPSA) is 70.3 Å². The summed E-state index contributed by atoms with van der Waals surface area (Å²) >= 11 is 6.07. The van der Waals surface area contributed by atoms with Gasteiger partial charge in [0.15, 0.2) is 0 Å². The molecule has 3 aromatic rings. The highest BCUT2D eigenvalue weighted by molar-refractivity contribution is 6.30. The van der Waals surface area contributed by atoms with Crippen LogP contribution in [0.25, 0.3) is 11.0 Å². The van der Waals surface area contributed by atoms with Gasteiger partial charge in [-0.15, -0.1) is 0 Å². The standard InChI is InChI=1S/C26H34ClN3O2/c1-16-5-4-6-20(15-16)30-22-13-14-23(31)21(12-7-17(2)28-3)24(22)29-26(30)25(32)18-8-10-19(27)11-9-18/h8-11,13-14,16-17,20,25,28,31-32H,4-7,12,15H2,1-3H3. The Labute approximate surface area is 195 Å². The third-order valence-corrected chi connectivity index (χ3v) is 7.25. The Balaban J connectivity index is 1.84. The zero-order valence-electron chi connectivity index (χ0n) is 19.2. The van der Waals surface area contributed by atoms with Crippen LogP contribution in [0.3, 0.4) is 0 Å². The lowest BCUT2D eigenvalue weighted by Crippen LogP contribution is -2.21. The molecule has 0 aliphatic heterocycles. The number of aromatic nitrogens is 2. The molecule has 0 spiro atoms. The van der Waals surface area contributed by atoms with Crippen molar-refractivity contribution in [2.75, 3.05) is 7.05 Å². The van der Waals surface area contributed by atoms with E-state index in [0.717, 1.165) is 47.8 Å². The van der Waals surface area contributed by atoms with Gasteiger partial charge in [0.2, 0.25) is 0 Å². The van der Waals surface area contributed by atoms with Crippen LogP contribution in [0.5, 0.6) is 5.75 Å². The molecule has 1 aliphatic rings. The summed E-state index contributed by atoms with van der Waals surface area (Å²) in [6.45, 7) is 4.44. The third-order valence-electron chi connectivity index (χ3n) is 6.99. The van der Waals surface area contributed by atoms with E-state index < -0.39 is 6.10 Å². The Morgan fingerprint density at radius 1 is 1.19 bits per heavy atom. The Morgan fingerprint density at radius 3 is 2.62 bits per heavy atom. The number of rotatable bonds is 7. The number of aryl methyl sites for hydroxylation is 1. The number of phenols is 1. The van der Waals surface area contributed by atoms with Gasteiger partial charge in [-0.3, -0.25) is 0 Å². The number of benzene rings is 2. The number of nitrogens with zero attached hydrogens (tertiary/aromatic N) is 2. The van der Waals surface area contributed by atoms with Crippen molar-refractivity contribution in [3.05, 3.63) is 58.4 Å². The van der Waals surface area contributed by atoms with E-state index in [-0.39, 0.29) is 11.8 Å². The number of nitrogens with one attached hydrogen (secondary N) is 1. The van der Waals surface area contributed by atoms with Crippen LogP contribution >= 0.6 is 11.6 Å². The first kappa shape index (κ1) is 23.1. The number of aliphatic hydroxyl groups excluding tert-OH is 1. The highest BCUT2D eigenvalue weighted by atomic mass is 35.5. The van der Waals surface area contributed by atoms with Gasteiger partial charge in [0.1, 0.15) is 17.7 Å². The number of halogens is 1. The summed E-state index contributed by atoms with van der Waals surface area (Å²) in [5.41, 5.74) is 3.42. The van der Waals surface area contributed by atoms with Crippen molar-refractivity contribution >= 4 is 22.6 Å². The second-order valence-corrected chi connectivity index (χ2v) is 9.82. The van der Waals surface area contributed by atoms with Gasteiger partial charge in [-0.05, 0) is 75.4 Å². The van der Waals surface area contributed by atoms with Crippen LogP contribution in [-0.4, -0.2) is 32.9 Å². The maximum Gasteiger partial charge on any atom is 0.143 e. The number of hydrogen-bond donors (Lipinski definition) is 3. The van der Waals surface area contributed by atoms with Crippen molar-refractivity contribution in [1.29, 1.82) is 0 Å². The van der Waals surface area contributed by atoms with E-state index in [1.165, 1.54) is 12.8 Å². The van der Waals surface area contributed by atoms with Gasteiger partial charge in [-0.2, -0.15) is 0 Å². The summed E-state index contributed by atoms with van der Waals surface area (Å²) in [6.07, 6.45) is 5.31. The number of hydrogen-bond acceptors (Lipinski definition) is 4. The molecule has 0 saturated heterocycles. The van der Waals surface area contributed by atoms with Crippen molar-refractivity contribution in [2.45, 2.75) is 70.6 Å². The van der Waals surface area contributed by atoms with Crippen LogP contribution in [0.4, 0.5) is 0 Å². The summed E-state index contributed by atoms with van der Waals surface area (Å²) in [7, 11) is 1.95. The average Bonchev–Trinajstić information content (AvgIpc) is 3.18. The quantitative estimate of drug-likeness (QED) is 0.423. The van der Waals surface area contributed by atoms with Gasteiger partial charge in [0, 0.05) is 22.7 Å². The maximum absolute atomic E-state index is 11.4. The largest absolute Gasteiger partial charge is 0.508 e. The van der Waals surface area contributed by atoms with E-state index in [9.17, 15) is 10.2 Å². The first-order valence-electron chi connectivity index (χ1n) is 11.7. The highest BCUT2D eigenvalue weighted by Crippen LogP contribution is 2.40. The number of imidazole rings is 1. The first-order chi connectivity index (χ1) is 15.4. The zero-order chi connectivity index (χ0) is 22.8. The van der Waals surface area contributed by atoms with Gasteiger partial charge in [-0.1, -0.05) is 43.5 Å².